The number of hydrogen-bond donors (Lipinski definition) is 1. The predicted molar refractivity (Wildman–Crippen MR) is 75.4 cm³/mol. The van der Waals surface area contributed by atoms with Crippen LogP contribution in [-0.4, -0.2) is 14.1 Å². The van der Waals surface area contributed by atoms with Crippen molar-refractivity contribution in [3.63, 3.8) is 0 Å². The Kier molecular flexibility index (Phi) is 2.60. The van der Waals surface area contributed by atoms with E-state index in [-0.39, 0.29) is 11.2 Å². The van der Waals surface area contributed by atoms with Gasteiger partial charge in [0.25, 0.3) is 17.0 Å². The van der Waals surface area contributed by atoms with Crippen molar-refractivity contribution in [3.8, 4) is 11.4 Å². The summed E-state index contributed by atoms with van der Waals surface area (Å²) >= 11 is 0. The van der Waals surface area contributed by atoms with Crippen LogP contribution in [0, 0.1) is 0 Å². The molecule has 102 valence electrons. The van der Waals surface area contributed by atoms with Crippen LogP contribution in [0.4, 0.5) is 0 Å². The van der Waals surface area contributed by atoms with Crippen molar-refractivity contribution in [2.45, 2.75) is 0 Å². The Balaban J connectivity index is 2.49. The van der Waals surface area contributed by atoms with E-state index in [0.717, 1.165) is 16.0 Å². The number of rotatable bonds is 1. The number of fused-ring (bicyclic) bond motifs is 1. The van der Waals surface area contributed by atoms with Crippen LogP contribution in [0.5, 0.6) is 0 Å². The molecule has 1 aromatic carbocycles. The van der Waals surface area contributed by atoms with Gasteiger partial charge in [-0.3, -0.25) is 13.9 Å². The number of aromatic amines is 1. The van der Waals surface area contributed by atoms with Gasteiger partial charge in [-0.15, -0.1) is 0 Å². The predicted octanol–water partition coefficient (Wildman–Crippen LogP) is 0.0568. The molecule has 0 aliphatic heterocycles. The fourth-order valence-electron chi connectivity index (χ4n) is 2.44. The van der Waals surface area contributed by atoms with Crippen molar-refractivity contribution in [2.24, 2.45) is 21.1 Å². The highest BCUT2D eigenvalue weighted by Gasteiger charge is 2.23. The molecular weight excluding hydrogens is 256 g/mol. The van der Waals surface area contributed by atoms with Gasteiger partial charge >= 0.3 is 11.2 Å². The third-order valence-electron chi connectivity index (χ3n) is 3.60. The van der Waals surface area contributed by atoms with Crippen LogP contribution in [-0.2, 0) is 21.1 Å². The molecule has 0 aliphatic carbocycles. The summed E-state index contributed by atoms with van der Waals surface area (Å²) in [6.07, 6.45) is 0. The summed E-state index contributed by atoms with van der Waals surface area (Å²) in [5.74, 6) is 0.791. The highest BCUT2D eigenvalue weighted by atomic mass is 16.2. The molecule has 0 bridgehead atoms. The molecule has 0 saturated heterocycles. The molecule has 3 rings (SSSR count). The highest BCUT2D eigenvalue weighted by Crippen LogP contribution is 2.15. The van der Waals surface area contributed by atoms with E-state index in [9.17, 15) is 9.59 Å². The van der Waals surface area contributed by atoms with Crippen molar-refractivity contribution in [1.82, 2.24) is 14.1 Å². The van der Waals surface area contributed by atoms with E-state index < -0.39 is 0 Å². The van der Waals surface area contributed by atoms with E-state index in [1.165, 1.54) is 11.6 Å². The number of nitrogens with one attached hydrogen (secondary N) is 1. The molecule has 2 heterocycles. The van der Waals surface area contributed by atoms with E-state index in [1.807, 2.05) is 37.4 Å². The molecule has 1 N–H and O–H groups in total. The molecule has 20 heavy (non-hydrogen) atoms. The number of benzene rings is 1. The Labute approximate surface area is 114 Å². The van der Waals surface area contributed by atoms with Gasteiger partial charge in [-0.25, -0.2) is 14.3 Å². The van der Waals surface area contributed by atoms with Gasteiger partial charge in [0.1, 0.15) is 0 Å². The van der Waals surface area contributed by atoms with Crippen LogP contribution in [0.2, 0.25) is 0 Å². The Hall–Kier alpha value is -2.63. The van der Waals surface area contributed by atoms with E-state index in [2.05, 4.69) is 4.98 Å². The van der Waals surface area contributed by atoms with Gasteiger partial charge in [0, 0.05) is 14.1 Å². The van der Waals surface area contributed by atoms with Gasteiger partial charge < -0.3 is 0 Å². The average molecular weight is 271 g/mol. The van der Waals surface area contributed by atoms with Crippen LogP contribution in [0.25, 0.3) is 22.6 Å². The Morgan fingerprint density at radius 2 is 1.70 bits per heavy atom. The van der Waals surface area contributed by atoms with Crippen molar-refractivity contribution in [3.05, 3.63) is 51.2 Å². The number of hydrogen-bond acceptors (Lipinski definition) is 2. The summed E-state index contributed by atoms with van der Waals surface area (Å²) in [7, 11) is 4.95. The number of nitrogens with zero attached hydrogens (tertiary/aromatic N) is 3. The van der Waals surface area contributed by atoms with Gasteiger partial charge in [-0.1, -0.05) is 18.2 Å². The zero-order valence-electron chi connectivity index (χ0n) is 11.5. The molecule has 0 unspecified atom stereocenters. The lowest BCUT2D eigenvalue weighted by Crippen LogP contribution is -2.42. The van der Waals surface area contributed by atoms with Crippen LogP contribution in [0.1, 0.15) is 0 Å². The normalized spacial score (nSPS) is 11.2. The maximum Gasteiger partial charge on any atom is 0.333 e. The summed E-state index contributed by atoms with van der Waals surface area (Å²) in [5, 5.41) is 0. The second-order valence-corrected chi connectivity index (χ2v) is 4.80. The highest BCUT2D eigenvalue weighted by molar-refractivity contribution is 5.70. The molecule has 0 saturated carbocycles. The largest absolute Gasteiger partial charge is 0.333 e. The number of H-pyrrole nitrogens is 1. The Bertz CT molecular complexity index is 916. The van der Waals surface area contributed by atoms with Crippen molar-refractivity contribution < 1.29 is 4.57 Å². The first-order chi connectivity index (χ1) is 9.52. The third kappa shape index (κ3) is 1.54. The maximum absolute atomic E-state index is 12.3. The number of aryl methyl sites for hydroxylation is 2. The minimum absolute atomic E-state index is 0.302. The molecule has 0 atom stereocenters. The number of aromatic nitrogens is 4. The lowest BCUT2D eigenvalue weighted by Gasteiger charge is -1.99. The van der Waals surface area contributed by atoms with Crippen molar-refractivity contribution in [2.75, 3.05) is 0 Å². The van der Waals surface area contributed by atoms with Gasteiger partial charge in [0.2, 0.25) is 0 Å². The molecule has 0 fully saturated rings. The first-order valence-corrected chi connectivity index (χ1v) is 6.25. The van der Waals surface area contributed by atoms with Gasteiger partial charge in [0.15, 0.2) is 0 Å². The van der Waals surface area contributed by atoms with Crippen molar-refractivity contribution in [1.29, 1.82) is 0 Å². The van der Waals surface area contributed by atoms with E-state index in [1.54, 1.807) is 11.6 Å². The monoisotopic (exact) mass is 271 g/mol. The van der Waals surface area contributed by atoms with Crippen LogP contribution in [0.3, 0.4) is 0 Å². The van der Waals surface area contributed by atoms with E-state index >= 15 is 0 Å². The molecule has 3 aromatic rings. The van der Waals surface area contributed by atoms with Gasteiger partial charge in [0.05, 0.1) is 12.6 Å². The SMILES string of the molecule is Cn1c(=O)c2c([nH]c(-c3ccccc3)[n+]2C)n(C)c1=O. The fourth-order valence-corrected chi connectivity index (χ4v) is 2.44. The summed E-state index contributed by atoms with van der Waals surface area (Å²) in [6, 6.07) is 9.69. The smallest absolute Gasteiger partial charge is 0.264 e. The summed E-state index contributed by atoms with van der Waals surface area (Å²) < 4.78 is 4.35. The first-order valence-electron chi connectivity index (χ1n) is 6.25. The summed E-state index contributed by atoms with van der Waals surface area (Å²) in [4.78, 5) is 27.4. The second-order valence-electron chi connectivity index (χ2n) is 4.80. The quantitative estimate of drug-likeness (QED) is 0.636. The summed E-state index contributed by atoms with van der Waals surface area (Å²) in [5.41, 5.74) is 1.32. The molecule has 0 amide bonds. The minimum Gasteiger partial charge on any atom is -0.264 e. The zero-order valence-corrected chi connectivity index (χ0v) is 11.5. The Morgan fingerprint density at radius 1 is 1.05 bits per heavy atom. The molecule has 0 aliphatic rings. The lowest BCUT2D eigenvalue weighted by molar-refractivity contribution is -0.633. The van der Waals surface area contributed by atoms with E-state index in [4.69, 9.17) is 0 Å². The minimum atomic E-state index is -0.344. The molecule has 6 nitrogen and oxygen atoms in total. The first kappa shape index (κ1) is 12.4. The number of imidazole rings is 1. The fraction of sp³-hybridized carbons (Fsp3) is 0.214. The average Bonchev–Trinajstić information content (AvgIpc) is 2.81. The van der Waals surface area contributed by atoms with Crippen LogP contribution < -0.4 is 15.8 Å². The van der Waals surface area contributed by atoms with Crippen molar-refractivity contribution >= 4 is 11.2 Å². The molecule has 0 spiro atoms. The molecule has 6 heteroatoms. The van der Waals surface area contributed by atoms with Crippen LogP contribution in [0.15, 0.2) is 39.9 Å². The van der Waals surface area contributed by atoms with Crippen LogP contribution >= 0.6 is 0 Å². The molecule has 2 aromatic heterocycles. The second kappa shape index (κ2) is 4.19. The molecular formula is C14H15N4O2+. The standard InChI is InChI=1S/C14H14N4O2/c1-16-10-12(17(2)14(20)18(3)13(10)19)15-11(16)9-7-5-4-6-8-9/h4-8H,1-3H3/p+1. The zero-order chi connectivity index (χ0) is 14.4. The Morgan fingerprint density at radius 3 is 2.35 bits per heavy atom. The maximum atomic E-state index is 12.3. The third-order valence-corrected chi connectivity index (χ3v) is 3.60. The lowest BCUT2D eigenvalue weighted by atomic mass is 10.2. The molecule has 0 radical (unpaired) electrons. The van der Waals surface area contributed by atoms with Gasteiger partial charge in [-0.2, -0.15) is 0 Å². The summed E-state index contributed by atoms with van der Waals surface area (Å²) in [6.45, 7) is 0. The van der Waals surface area contributed by atoms with E-state index in [0.29, 0.717) is 11.2 Å². The topological polar surface area (TPSA) is 63.7 Å². The van der Waals surface area contributed by atoms with Gasteiger partial charge in [-0.05, 0) is 12.1 Å².